The average Bonchev–Trinajstić information content (AvgIpc) is 2.40. The van der Waals surface area contributed by atoms with Gasteiger partial charge in [0.15, 0.2) is 0 Å². The van der Waals surface area contributed by atoms with Crippen molar-refractivity contribution in [1.82, 2.24) is 0 Å². The normalized spacial score (nSPS) is 23.2. The molecule has 0 atom stereocenters. The van der Waals surface area contributed by atoms with Crippen LogP contribution in [-0.2, 0) is 6.42 Å². The largest absolute Gasteiger partial charge is 0.508 e. The smallest absolute Gasteiger partial charge is 0.130 e. The van der Waals surface area contributed by atoms with Gasteiger partial charge in [-0.3, -0.25) is 0 Å². The highest BCUT2D eigenvalue weighted by atomic mass is 19.1. The number of aryl methyl sites for hydroxylation is 1. The van der Waals surface area contributed by atoms with Crippen LogP contribution in [0.1, 0.15) is 44.1 Å². The third-order valence-electron chi connectivity index (χ3n) is 4.32. The van der Waals surface area contributed by atoms with Gasteiger partial charge in [0, 0.05) is 6.07 Å². The van der Waals surface area contributed by atoms with Crippen molar-refractivity contribution in [2.75, 3.05) is 0 Å². The van der Waals surface area contributed by atoms with E-state index < -0.39 is 0 Å². The van der Waals surface area contributed by atoms with Crippen LogP contribution in [-0.4, -0.2) is 5.11 Å². The van der Waals surface area contributed by atoms with Gasteiger partial charge in [0.2, 0.25) is 0 Å². The molecule has 1 aromatic rings. The molecular formula is C17H23FO. The second kappa shape index (κ2) is 6.74. The zero-order valence-corrected chi connectivity index (χ0v) is 11.4. The van der Waals surface area contributed by atoms with Crippen LogP contribution < -0.4 is 0 Å². The highest BCUT2D eigenvalue weighted by Gasteiger charge is 2.20. The van der Waals surface area contributed by atoms with Gasteiger partial charge >= 0.3 is 0 Å². The lowest BCUT2D eigenvalue weighted by Crippen LogP contribution is -2.14. The quantitative estimate of drug-likeness (QED) is 0.752. The van der Waals surface area contributed by atoms with E-state index in [1.807, 2.05) is 6.08 Å². The lowest BCUT2D eigenvalue weighted by Gasteiger charge is -2.27. The SMILES string of the molecule is C=CCC1CCC(CCc2ccc(O)cc2F)CC1. The van der Waals surface area contributed by atoms with E-state index in [4.69, 9.17) is 0 Å². The molecule has 1 fully saturated rings. The third-order valence-corrected chi connectivity index (χ3v) is 4.32. The van der Waals surface area contributed by atoms with E-state index in [0.29, 0.717) is 0 Å². The van der Waals surface area contributed by atoms with Crippen molar-refractivity contribution >= 4 is 0 Å². The van der Waals surface area contributed by atoms with Gasteiger partial charge in [-0.25, -0.2) is 4.39 Å². The second-order valence-electron chi connectivity index (χ2n) is 5.73. The summed E-state index contributed by atoms with van der Waals surface area (Å²) in [5, 5.41) is 9.19. The Bertz CT molecular complexity index is 419. The zero-order chi connectivity index (χ0) is 13.7. The molecule has 1 aromatic carbocycles. The Morgan fingerprint density at radius 2 is 1.89 bits per heavy atom. The first-order valence-corrected chi connectivity index (χ1v) is 7.27. The molecule has 2 heteroatoms. The number of hydrogen-bond acceptors (Lipinski definition) is 1. The molecular weight excluding hydrogens is 239 g/mol. The van der Waals surface area contributed by atoms with Crippen LogP contribution in [0.25, 0.3) is 0 Å². The van der Waals surface area contributed by atoms with E-state index in [9.17, 15) is 9.50 Å². The fraction of sp³-hybridized carbons (Fsp3) is 0.529. The van der Waals surface area contributed by atoms with E-state index in [1.54, 1.807) is 12.1 Å². The highest BCUT2D eigenvalue weighted by Crippen LogP contribution is 2.33. The number of hydrogen-bond donors (Lipinski definition) is 1. The Labute approximate surface area is 115 Å². The number of aromatic hydroxyl groups is 1. The van der Waals surface area contributed by atoms with E-state index in [-0.39, 0.29) is 11.6 Å². The summed E-state index contributed by atoms with van der Waals surface area (Å²) in [6, 6.07) is 4.48. The summed E-state index contributed by atoms with van der Waals surface area (Å²) in [7, 11) is 0. The summed E-state index contributed by atoms with van der Waals surface area (Å²) in [4.78, 5) is 0. The fourth-order valence-electron chi connectivity index (χ4n) is 3.09. The standard InChI is InChI=1S/C17H23FO/c1-2-3-13-4-6-14(7-5-13)8-9-15-10-11-16(19)12-17(15)18/h2,10-14,19H,1,3-9H2. The van der Waals surface area contributed by atoms with Crippen molar-refractivity contribution in [2.45, 2.75) is 44.9 Å². The van der Waals surface area contributed by atoms with E-state index in [2.05, 4.69) is 6.58 Å². The Morgan fingerprint density at radius 1 is 1.21 bits per heavy atom. The van der Waals surface area contributed by atoms with E-state index >= 15 is 0 Å². The van der Waals surface area contributed by atoms with Crippen molar-refractivity contribution in [2.24, 2.45) is 11.8 Å². The summed E-state index contributed by atoms with van der Waals surface area (Å²) >= 11 is 0. The molecule has 0 bridgehead atoms. The zero-order valence-electron chi connectivity index (χ0n) is 11.4. The van der Waals surface area contributed by atoms with E-state index in [0.717, 1.165) is 36.7 Å². The number of phenols is 1. The topological polar surface area (TPSA) is 20.2 Å². The van der Waals surface area contributed by atoms with Crippen LogP contribution in [0.5, 0.6) is 5.75 Å². The van der Waals surface area contributed by atoms with Crippen LogP contribution in [0.2, 0.25) is 0 Å². The first-order chi connectivity index (χ1) is 9.19. The molecule has 0 unspecified atom stereocenters. The molecule has 0 heterocycles. The Morgan fingerprint density at radius 3 is 2.53 bits per heavy atom. The van der Waals surface area contributed by atoms with Crippen molar-refractivity contribution in [3.63, 3.8) is 0 Å². The lowest BCUT2D eigenvalue weighted by molar-refractivity contribution is 0.264. The molecule has 0 saturated heterocycles. The van der Waals surface area contributed by atoms with Gasteiger partial charge in [-0.15, -0.1) is 6.58 Å². The Balaban J connectivity index is 1.79. The molecule has 2 rings (SSSR count). The molecule has 104 valence electrons. The van der Waals surface area contributed by atoms with Gasteiger partial charge < -0.3 is 5.11 Å². The third kappa shape index (κ3) is 4.09. The summed E-state index contributed by atoms with van der Waals surface area (Å²) in [6.07, 6.45) is 10.1. The van der Waals surface area contributed by atoms with Crippen LogP contribution >= 0.6 is 0 Å². The molecule has 1 saturated carbocycles. The average molecular weight is 262 g/mol. The molecule has 0 spiro atoms. The van der Waals surface area contributed by atoms with E-state index in [1.165, 1.54) is 31.7 Å². The number of allylic oxidation sites excluding steroid dienone is 1. The first-order valence-electron chi connectivity index (χ1n) is 7.27. The van der Waals surface area contributed by atoms with Gasteiger partial charge in [0.1, 0.15) is 11.6 Å². The maximum atomic E-state index is 13.6. The van der Waals surface area contributed by atoms with Crippen LogP contribution in [0.15, 0.2) is 30.9 Å². The predicted octanol–water partition coefficient (Wildman–Crippen LogP) is 4.85. The summed E-state index contributed by atoms with van der Waals surface area (Å²) in [5.74, 6) is 1.28. The fourth-order valence-corrected chi connectivity index (χ4v) is 3.09. The Kier molecular flexibility index (Phi) is 5.00. The van der Waals surface area contributed by atoms with Crippen molar-refractivity contribution in [1.29, 1.82) is 0 Å². The lowest BCUT2D eigenvalue weighted by atomic mass is 9.78. The van der Waals surface area contributed by atoms with Gasteiger partial charge in [-0.05, 0) is 55.6 Å². The van der Waals surface area contributed by atoms with Gasteiger partial charge in [-0.1, -0.05) is 25.0 Å². The van der Waals surface area contributed by atoms with Crippen LogP contribution in [0, 0.1) is 17.7 Å². The van der Waals surface area contributed by atoms with Crippen molar-refractivity contribution < 1.29 is 9.50 Å². The first kappa shape index (κ1) is 14.1. The monoisotopic (exact) mass is 262 g/mol. The molecule has 19 heavy (non-hydrogen) atoms. The Hall–Kier alpha value is -1.31. The van der Waals surface area contributed by atoms with Gasteiger partial charge in [0.05, 0.1) is 0 Å². The highest BCUT2D eigenvalue weighted by molar-refractivity contribution is 5.27. The molecule has 0 radical (unpaired) electrons. The molecule has 1 aliphatic rings. The second-order valence-corrected chi connectivity index (χ2v) is 5.73. The van der Waals surface area contributed by atoms with Crippen molar-refractivity contribution in [3.05, 3.63) is 42.2 Å². The molecule has 1 aliphatic carbocycles. The molecule has 1 N–H and O–H groups in total. The number of benzene rings is 1. The minimum atomic E-state index is -0.277. The summed E-state index contributed by atoms with van der Waals surface area (Å²) in [5.41, 5.74) is 0.728. The number of rotatable bonds is 5. The molecule has 1 nitrogen and oxygen atoms in total. The van der Waals surface area contributed by atoms with Crippen LogP contribution in [0.3, 0.4) is 0 Å². The molecule has 0 aromatic heterocycles. The number of phenolic OH excluding ortho intramolecular Hbond substituents is 1. The van der Waals surface area contributed by atoms with Crippen LogP contribution in [0.4, 0.5) is 4.39 Å². The minimum Gasteiger partial charge on any atom is -0.508 e. The minimum absolute atomic E-state index is 0.00573. The van der Waals surface area contributed by atoms with Gasteiger partial charge in [0.25, 0.3) is 0 Å². The number of halogens is 1. The maximum Gasteiger partial charge on any atom is 0.130 e. The summed E-state index contributed by atoms with van der Waals surface area (Å²) in [6.45, 7) is 3.80. The molecule has 0 aliphatic heterocycles. The van der Waals surface area contributed by atoms with Gasteiger partial charge in [-0.2, -0.15) is 0 Å². The predicted molar refractivity (Wildman–Crippen MR) is 76.6 cm³/mol. The van der Waals surface area contributed by atoms with Crippen molar-refractivity contribution in [3.8, 4) is 5.75 Å². The molecule has 0 amide bonds. The maximum absolute atomic E-state index is 13.6. The summed E-state index contributed by atoms with van der Waals surface area (Å²) < 4.78 is 13.6.